The average molecular weight is 419 g/mol. The summed E-state index contributed by atoms with van der Waals surface area (Å²) in [6, 6.07) is 10.5. The molecule has 0 aliphatic carbocycles. The van der Waals surface area contributed by atoms with Crippen molar-refractivity contribution in [2.45, 2.75) is 25.4 Å². The molecular weight excluding hydrogens is 400 g/mol. The first-order valence-corrected chi connectivity index (χ1v) is 9.79. The van der Waals surface area contributed by atoms with Crippen LogP contribution in [0.4, 0.5) is 5.69 Å². The number of carbonyl (C=O) groups excluding carboxylic acids is 2. The number of nitriles is 1. The van der Waals surface area contributed by atoms with E-state index in [1.807, 2.05) is 26.0 Å². The Kier molecular flexibility index (Phi) is 8.23. The number of rotatable bonds is 8. The zero-order valence-corrected chi connectivity index (χ0v) is 17.1. The summed E-state index contributed by atoms with van der Waals surface area (Å²) in [4.78, 5) is 34.3. The lowest BCUT2D eigenvalue weighted by molar-refractivity contribution is -0.145. The highest BCUT2D eigenvalue weighted by Crippen LogP contribution is 2.20. The van der Waals surface area contributed by atoms with Crippen LogP contribution in [0.1, 0.15) is 17.8 Å². The largest absolute Gasteiger partial charge is 0.455 e. The lowest BCUT2D eigenvalue weighted by Gasteiger charge is -2.21. The predicted molar refractivity (Wildman–Crippen MR) is 107 cm³/mol. The van der Waals surface area contributed by atoms with Crippen LogP contribution in [0.2, 0.25) is 5.02 Å². The maximum atomic E-state index is 12.5. The number of benzene rings is 1. The molecule has 1 amide bonds. The van der Waals surface area contributed by atoms with Crippen molar-refractivity contribution in [3.05, 3.63) is 46.7 Å². The molecular formula is C19H19ClN4O3S. The zero-order chi connectivity index (χ0) is 20.5. The molecule has 2 aromatic rings. The minimum absolute atomic E-state index is 0.00840. The number of thioether (sulfide) groups is 1. The third-order valence-electron chi connectivity index (χ3n) is 3.51. The average Bonchev–Trinajstić information content (AvgIpc) is 2.64. The van der Waals surface area contributed by atoms with Crippen molar-refractivity contribution in [3.8, 4) is 6.07 Å². The van der Waals surface area contributed by atoms with Gasteiger partial charge in [0.1, 0.15) is 0 Å². The van der Waals surface area contributed by atoms with Crippen molar-refractivity contribution in [3.63, 3.8) is 0 Å². The number of halogens is 1. The van der Waals surface area contributed by atoms with E-state index in [4.69, 9.17) is 21.6 Å². The molecule has 0 unspecified atom stereocenters. The molecule has 1 heterocycles. The third-order valence-corrected chi connectivity index (χ3v) is 4.56. The van der Waals surface area contributed by atoms with E-state index < -0.39 is 18.5 Å². The lowest BCUT2D eigenvalue weighted by Crippen LogP contribution is -2.35. The zero-order valence-electron chi connectivity index (χ0n) is 15.5. The summed E-state index contributed by atoms with van der Waals surface area (Å²) in [5.74, 6) is -0.989. The van der Waals surface area contributed by atoms with Crippen LogP contribution >= 0.6 is 23.4 Å². The van der Waals surface area contributed by atoms with Crippen molar-refractivity contribution < 1.29 is 14.3 Å². The summed E-state index contributed by atoms with van der Waals surface area (Å²) in [6.07, 6.45) is 0.145. The van der Waals surface area contributed by atoms with Crippen LogP contribution in [0, 0.1) is 25.2 Å². The number of esters is 1. The first-order chi connectivity index (χ1) is 13.4. The van der Waals surface area contributed by atoms with E-state index in [2.05, 4.69) is 9.97 Å². The fraction of sp³-hybridized carbons (Fsp3) is 0.316. The van der Waals surface area contributed by atoms with Gasteiger partial charge in [0, 0.05) is 28.6 Å². The molecule has 0 saturated heterocycles. The monoisotopic (exact) mass is 418 g/mol. The predicted octanol–water partition coefficient (Wildman–Crippen LogP) is 3.33. The molecule has 9 heteroatoms. The van der Waals surface area contributed by atoms with E-state index in [0.717, 1.165) is 23.1 Å². The number of aromatic nitrogens is 2. The fourth-order valence-corrected chi connectivity index (χ4v) is 3.28. The maximum absolute atomic E-state index is 12.5. The summed E-state index contributed by atoms with van der Waals surface area (Å²) in [6.45, 7) is 3.45. The van der Waals surface area contributed by atoms with Crippen molar-refractivity contribution in [1.82, 2.24) is 9.97 Å². The Morgan fingerprint density at radius 3 is 2.61 bits per heavy atom. The highest BCUT2D eigenvalue weighted by Gasteiger charge is 2.18. The van der Waals surface area contributed by atoms with Gasteiger partial charge in [-0.1, -0.05) is 29.4 Å². The van der Waals surface area contributed by atoms with Crippen LogP contribution in [0.3, 0.4) is 0 Å². The van der Waals surface area contributed by atoms with Gasteiger partial charge in [-0.3, -0.25) is 9.59 Å². The Balaban J connectivity index is 1.92. The van der Waals surface area contributed by atoms with Gasteiger partial charge >= 0.3 is 5.97 Å². The molecule has 0 aliphatic rings. The summed E-state index contributed by atoms with van der Waals surface area (Å²) in [5.41, 5.74) is 2.17. The fourth-order valence-electron chi connectivity index (χ4n) is 2.35. The molecule has 1 aromatic heterocycles. The van der Waals surface area contributed by atoms with Gasteiger partial charge < -0.3 is 9.64 Å². The van der Waals surface area contributed by atoms with E-state index in [-0.39, 0.29) is 18.7 Å². The van der Waals surface area contributed by atoms with Crippen LogP contribution in [-0.2, 0) is 14.3 Å². The lowest BCUT2D eigenvalue weighted by atomic mass is 10.2. The number of aryl methyl sites for hydroxylation is 2. The standard InChI is InChI=1S/C19H19ClN4O3S/c1-13-9-14(2)23-19(22-13)28-12-18(26)27-11-17(25)24(8-4-7-21)16-6-3-5-15(20)10-16/h3,5-6,9-10H,4,8,11-12H2,1-2H3. The Bertz CT molecular complexity index is 881. The minimum Gasteiger partial charge on any atom is -0.455 e. The van der Waals surface area contributed by atoms with Crippen molar-refractivity contribution in [2.24, 2.45) is 0 Å². The van der Waals surface area contributed by atoms with E-state index in [1.165, 1.54) is 4.90 Å². The van der Waals surface area contributed by atoms with Gasteiger partial charge in [0.25, 0.3) is 5.91 Å². The first kappa shape index (κ1) is 21.7. The van der Waals surface area contributed by atoms with Crippen molar-refractivity contribution in [2.75, 3.05) is 23.8 Å². The summed E-state index contributed by atoms with van der Waals surface area (Å²) < 4.78 is 5.08. The van der Waals surface area contributed by atoms with E-state index in [0.29, 0.717) is 15.9 Å². The van der Waals surface area contributed by atoms with E-state index in [1.54, 1.807) is 24.3 Å². The van der Waals surface area contributed by atoms with Gasteiger partial charge in [0.2, 0.25) is 0 Å². The van der Waals surface area contributed by atoms with Gasteiger partial charge in [-0.25, -0.2) is 9.97 Å². The molecule has 0 radical (unpaired) electrons. The Morgan fingerprint density at radius 2 is 1.96 bits per heavy atom. The Hall–Kier alpha value is -2.63. The highest BCUT2D eigenvalue weighted by atomic mass is 35.5. The second-order valence-electron chi connectivity index (χ2n) is 5.82. The highest BCUT2D eigenvalue weighted by molar-refractivity contribution is 7.99. The SMILES string of the molecule is Cc1cc(C)nc(SCC(=O)OCC(=O)N(CCC#N)c2cccc(Cl)c2)n1. The third kappa shape index (κ3) is 6.83. The summed E-state index contributed by atoms with van der Waals surface area (Å²) in [7, 11) is 0. The van der Waals surface area contributed by atoms with Gasteiger partial charge in [0.15, 0.2) is 11.8 Å². The van der Waals surface area contributed by atoms with Gasteiger partial charge in [-0.05, 0) is 38.1 Å². The number of ether oxygens (including phenoxy) is 1. The Morgan fingerprint density at radius 1 is 1.25 bits per heavy atom. The molecule has 0 bridgehead atoms. The molecule has 0 spiro atoms. The topological polar surface area (TPSA) is 96.2 Å². The molecule has 1 aromatic carbocycles. The molecule has 7 nitrogen and oxygen atoms in total. The van der Waals surface area contributed by atoms with Gasteiger partial charge in [0.05, 0.1) is 18.2 Å². The number of carbonyl (C=O) groups is 2. The number of amides is 1. The molecule has 0 saturated carbocycles. The van der Waals surface area contributed by atoms with Gasteiger partial charge in [-0.2, -0.15) is 5.26 Å². The molecule has 0 fully saturated rings. The van der Waals surface area contributed by atoms with Gasteiger partial charge in [-0.15, -0.1) is 0 Å². The maximum Gasteiger partial charge on any atom is 0.316 e. The number of hydrogen-bond acceptors (Lipinski definition) is 7. The number of hydrogen-bond donors (Lipinski definition) is 0. The normalized spacial score (nSPS) is 10.2. The molecule has 146 valence electrons. The summed E-state index contributed by atoms with van der Waals surface area (Å²) >= 11 is 7.12. The van der Waals surface area contributed by atoms with Crippen LogP contribution in [0.15, 0.2) is 35.5 Å². The quantitative estimate of drug-likeness (QED) is 0.368. The smallest absolute Gasteiger partial charge is 0.316 e. The summed E-state index contributed by atoms with van der Waals surface area (Å²) in [5, 5.41) is 9.77. The molecule has 0 atom stereocenters. The van der Waals surface area contributed by atoms with Crippen molar-refractivity contribution in [1.29, 1.82) is 5.26 Å². The van der Waals surface area contributed by atoms with Crippen LogP contribution in [0.5, 0.6) is 0 Å². The first-order valence-electron chi connectivity index (χ1n) is 8.42. The molecule has 0 aliphatic heterocycles. The van der Waals surface area contributed by atoms with E-state index >= 15 is 0 Å². The molecule has 2 rings (SSSR count). The molecule has 28 heavy (non-hydrogen) atoms. The van der Waals surface area contributed by atoms with Crippen LogP contribution in [-0.4, -0.2) is 40.7 Å². The van der Waals surface area contributed by atoms with Crippen molar-refractivity contribution >= 4 is 40.9 Å². The van der Waals surface area contributed by atoms with Crippen LogP contribution < -0.4 is 4.90 Å². The van der Waals surface area contributed by atoms with E-state index in [9.17, 15) is 9.59 Å². The second-order valence-corrected chi connectivity index (χ2v) is 7.19. The number of nitrogens with zero attached hydrogens (tertiary/aromatic N) is 4. The van der Waals surface area contributed by atoms with Crippen LogP contribution in [0.25, 0.3) is 0 Å². The Labute approximate surface area is 172 Å². The molecule has 0 N–H and O–H groups in total. The minimum atomic E-state index is -0.549. The number of anilines is 1. The second kappa shape index (κ2) is 10.6.